The second-order valence-electron chi connectivity index (χ2n) is 7.35. The van der Waals surface area contributed by atoms with Crippen LogP contribution in [0.1, 0.15) is 12.8 Å². The number of likely N-dealkylation sites (tertiary alicyclic amines) is 1. The number of amides is 2. The maximum absolute atomic E-state index is 13.1. The Bertz CT molecular complexity index is 807. The third kappa shape index (κ3) is 3.24. The fourth-order valence-corrected chi connectivity index (χ4v) is 3.86. The first-order valence-electron chi connectivity index (χ1n) is 8.97. The van der Waals surface area contributed by atoms with Gasteiger partial charge in [0.25, 0.3) is 0 Å². The highest BCUT2D eigenvalue weighted by molar-refractivity contribution is 5.94. The number of nitrogens with zero attached hydrogens (tertiary/aromatic N) is 1. The molecular formula is C20H23FN4O. The molecule has 1 spiro atoms. The average Bonchev–Trinajstić information content (AvgIpc) is 2.63. The van der Waals surface area contributed by atoms with E-state index in [1.165, 1.54) is 12.1 Å². The number of hydrogen-bond donors (Lipinski definition) is 3. The van der Waals surface area contributed by atoms with E-state index in [0.717, 1.165) is 50.1 Å². The van der Waals surface area contributed by atoms with Gasteiger partial charge in [-0.2, -0.15) is 0 Å². The topological polar surface area (TPSA) is 70.4 Å². The number of nitrogen functional groups attached to an aromatic ring is 1. The maximum atomic E-state index is 13.1. The molecule has 136 valence electrons. The maximum Gasteiger partial charge on any atom is 0.321 e. The lowest BCUT2D eigenvalue weighted by Crippen LogP contribution is -2.62. The summed E-state index contributed by atoms with van der Waals surface area (Å²) in [5.74, 6) is -0.276. The lowest BCUT2D eigenvalue weighted by Gasteiger charge is -2.52. The smallest absolute Gasteiger partial charge is 0.321 e. The SMILES string of the molecule is Nc1ccc(-c2ccc(F)cc2)cc1NC(=O)N1CC2(CCNCC2)C1. The van der Waals surface area contributed by atoms with Crippen molar-refractivity contribution in [3.8, 4) is 11.1 Å². The van der Waals surface area contributed by atoms with Gasteiger partial charge < -0.3 is 21.3 Å². The Morgan fingerprint density at radius 1 is 1.08 bits per heavy atom. The van der Waals surface area contributed by atoms with Gasteiger partial charge in [-0.25, -0.2) is 9.18 Å². The first kappa shape index (κ1) is 16.8. The van der Waals surface area contributed by atoms with Crippen LogP contribution in [0.2, 0.25) is 0 Å². The summed E-state index contributed by atoms with van der Waals surface area (Å²) in [6, 6.07) is 11.6. The molecule has 2 fully saturated rings. The normalized spacial score (nSPS) is 18.4. The molecule has 2 aliphatic heterocycles. The number of piperidine rings is 1. The third-order valence-corrected chi connectivity index (χ3v) is 5.48. The van der Waals surface area contributed by atoms with Crippen LogP contribution >= 0.6 is 0 Å². The number of halogens is 1. The number of carbonyl (C=O) groups excluding carboxylic acids is 1. The van der Waals surface area contributed by atoms with E-state index in [9.17, 15) is 9.18 Å². The molecule has 2 aliphatic rings. The van der Waals surface area contributed by atoms with E-state index < -0.39 is 0 Å². The Morgan fingerprint density at radius 3 is 2.42 bits per heavy atom. The molecule has 0 aromatic heterocycles. The van der Waals surface area contributed by atoms with E-state index in [2.05, 4.69) is 10.6 Å². The van der Waals surface area contributed by atoms with Crippen molar-refractivity contribution in [2.24, 2.45) is 5.41 Å². The molecular weight excluding hydrogens is 331 g/mol. The molecule has 5 nitrogen and oxygen atoms in total. The van der Waals surface area contributed by atoms with Crippen LogP contribution in [-0.4, -0.2) is 37.1 Å². The number of urea groups is 1. The summed E-state index contributed by atoms with van der Waals surface area (Å²) in [6.07, 6.45) is 2.25. The quantitative estimate of drug-likeness (QED) is 0.725. The molecule has 2 heterocycles. The highest BCUT2D eigenvalue weighted by Gasteiger charge is 2.45. The van der Waals surface area contributed by atoms with Crippen LogP contribution in [0.15, 0.2) is 42.5 Å². The second kappa shape index (κ2) is 6.61. The molecule has 2 aromatic rings. The standard InChI is InChI=1S/C20H23FN4O/c21-16-4-1-14(2-5-16)15-3-6-17(22)18(11-15)24-19(26)25-12-20(13-25)7-9-23-10-8-20/h1-6,11,23H,7-10,12-13,22H2,(H,24,26). The van der Waals surface area contributed by atoms with E-state index in [0.29, 0.717) is 16.8 Å². The molecule has 0 saturated carbocycles. The molecule has 0 aliphatic carbocycles. The Labute approximate surface area is 152 Å². The van der Waals surface area contributed by atoms with Crippen molar-refractivity contribution >= 4 is 17.4 Å². The number of hydrogen-bond acceptors (Lipinski definition) is 3. The van der Waals surface area contributed by atoms with Gasteiger partial charge in [0.2, 0.25) is 0 Å². The number of nitrogens with one attached hydrogen (secondary N) is 2. The zero-order valence-corrected chi connectivity index (χ0v) is 14.6. The zero-order valence-electron chi connectivity index (χ0n) is 14.6. The van der Waals surface area contributed by atoms with Crippen LogP contribution in [0.3, 0.4) is 0 Å². The predicted octanol–water partition coefficient (Wildman–Crippen LogP) is 3.29. The molecule has 0 bridgehead atoms. The highest BCUT2D eigenvalue weighted by Crippen LogP contribution is 2.39. The Morgan fingerprint density at radius 2 is 1.73 bits per heavy atom. The molecule has 4 N–H and O–H groups in total. The summed E-state index contributed by atoms with van der Waals surface area (Å²) in [6.45, 7) is 3.67. The van der Waals surface area contributed by atoms with Crippen molar-refractivity contribution in [3.63, 3.8) is 0 Å². The van der Waals surface area contributed by atoms with Crippen molar-refractivity contribution in [1.29, 1.82) is 0 Å². The van der Waals surface area contributed by atoms with Gasteiger partial charge in [0.1, 0.15) is 5.82 Å². The Kier molecular flexibility index (Phi) is 4.28. The van der Waals surface area contributed by atoms with Crippen LogP contribution < -0.4 is 16.4 Å². The number of benzene rings is 2. The Balaban J connectivity index is 1.45. The zero-order chi connectivity index (χ0) is 18.1. The van der Waals surface area contributed by atoms with Crippen molar-refractivity contribution in [2.45, 2.75) is 12.8 Å². The average molecular weight is 354 g/mol. The summed E-state index contributed by atoms with van der Waals surface area (Å²) in [4.78, 5) is 14.4. The minimum atomic E-state index is -0.276. The number of anilines is 2. The molecule has 0 atom stereocenters. The Hall–Kier alpha value is -2.60. The number of carbonyl (C=O) groups is 1. The van der Waals surface area contributed by atoms with Crippen molar-refractivity contribution in [3.05, 3.63) is 48.3 Å². The third-order valence-electron chi connectivity index (χ3n) is 5.48. The van der Waals surface area contributed by atoms with Crippen LogP contribution in [-0.2, 0) is 0 Å². The van der Waals surface area contributed by atoms with Crippen LogP contribution in [0.4, 0.5) is 20.6 Å². The van der Waals surface area contributed by atoms with Gasteiger partial charge >= 0.3 is 6.03 Å². The van der Waals surface area contributed by atoms with E-state index in [1.807, 2.05) is 17.0 Å². The highest BCUT2D eigenvalue weighted by atomic mass is 19.1. The van der Waals surface area contributed by atoms with Gasteiger partial charge in [0, 0.05) is 18.5 Å². The monoisotopic (exact) mass is 354 g/mol. The predicted molar refractivity (Wildman–Crippen MR) is 101 cm³/mol. The molecule has 26 heavy (non-hydrogen) atoms. The molecule has 2 aromatic carbocycles. The van der Waals surface area contributed by atoms with E-state index in [1.54, 1.807) is 18.2 Å². The molecule has 0 radical (unpaired) electrons. The van der Waals surface area contributed by atoms with Crippen LogP contribution in [0, 0.1) is 11.2 Å². The van der Waals surface area contributed by atoms with E-state index >= 15 is 0 Å². The van der Waals surface area contributed by atoms with Crippen molar-refractivity contribution in [1.82, 2.24) is 10.2 Å². The molecule has 0 unspecified atom stereocenters. The van der Waals surface area contributed by atoms with Crippen LogP contribution in [0.25, 0.3) is 11.1 Å². The lowest BCUT2D eigenvalue weighted by atomic mass is 9.72. The lowest BCUT2D eigenvalue weighted by molar-refractivity contribution is 0.0109. The van der Waals surface area contributed by atoms with E-state index in [4.69, 9.17) is 5.73 Å². The first-order valence-corrected chi connectivity index (χ1v) is 8.97. The summed E-state index contributed by atoms with van der Waals surface area (Å²) in [5, 5.41) is 6.29. The van der Waals surface area contributed by atoms with Gasteiger partial charge in [-0.15, -0.1) is 0 Å². The number of nitrogens with two attached hydrogens (primary N) is 1. The molecule has 2 amide bonds. The minimum absolute atomic E-state index is 0.114. The fraction of sp³-hybridized carbons (Fsp3) is 0.350. The largest absolute Gasteiger partial charge is 0.397 e. The van der Waals surface area contributed by atoms with Gasteiger partial charge in [0.05, 0.1) is 11.4 Å². The first-order chi connectivity index (χ1) is 12.5. The summed E-state index contributed by atoms with van der Waals surface area (Å²) in [5.41, 5.74) is 9.19. The minimum Gasteiger partial charge on any atom is -0.397 e. The summed E-state index contributed by atoms with van der Waals surface area (Å²) in [7, 11) is 0. The van der Waals surface area contributed by atoms with Gasteiger partial charge in [0.15, 0.2) is 0 Å². The summed E-state index contributed by atoms with van der Waals surface area (Å²) >= 11 is 0. The van der Waals surface area contributed by atoms with Crippen molar-refractivity contribution in [2.75, 3.05) is 37.2 Å². The summed E-state index contributed by atoms with van der Waals surface area (Å²) < 4.78 is 13.1. The number of rotatable bonds is 2. The van der Waals surface area contributed by atoms with Gasteiger partial charge in [-0.05, 0) is 61.3 Å². The molecule has 4 rings (SSSR count). The molecule has 2 saturated heterocycles. The fourth-order valence-electron chi connectivity index (χ4n) is 3.86. The second-order valence-corrected chi connectivity index (χ2v) is 7.35. The van der Waals surface area contributed by atoms with Crippen molar-refractivity contribution < 1.29 is 9.18 Å². The van der Waals surface area contributed by atoms with Gasteiger partial charge in [-0.3, -0.25) is 0 Å². The van der Waals surface area contributed by atoms with Gasteiger partial charge in [-0.1, -0.05) is 18.2 Å². The van der Waals surface area contributed by atoms with E-state index in [-0.39, 0.29) is 11.8 Å². The van der Waals surface area contributed by atoms with Crippen LogP contribution in [0.5, 0.6) is 0 Å². The molecule has 6 heteroatoms.